The van der Waals surface area contributed by atoms with Gasteiger partial charge < -0.3 is 15.0 Å². The van der Waals surface area contributed by atoms with E-state index in [0.717, 1.165) is 31.8 Å². The molecule has 1 amide bonds. The summed E-state index contributed by atoms with van der Waals surface area (Å²) >= 11 is 0. The Morgan fingerprint density at radius 1 is 1.19 bits per heavy atom. The van der Waals surface area contributed by atoms with Crippen LogP contribution in [0.4, 0.5) is 0 Å². The third kappa shape index (κ3) is 5.59. The van der Waals surface area contributed by atoms with Gasteiger partial charge in [0.15, 0.2) is 0 Å². The number of carbonyl (C=O) groups excluding carboxylic acids is 1. The number of carbonyl (C=O) groups is 1. The molecule has 1 aliphatic heterocycles. The van der Waals surface area contributed by atoms with Gasteiger partial charge in [0, 0.05) is 32.3 Å². The summed E-state index contributed by atoms with van der Waals surface area (Å²) in [5, 5.41) is 3.14. The highest BCUT2D eigenvalue weighted by atomic mass is 16.5. The molecule has 0 radical (unpaired) electrons. The number of amides is 1. The van der Waals surface area contributed by atoms with Crippen LogP contribution in [0.25, 0.3) is 0 Å². The molecule has 1 heterocycles. The van der Waals surface area contributed by atoms with Crippen LogP contribution in [0, 0.1) is 5.92 Å². The molecule has 4 heteroatoms. The summed E-state index contributed by atoms with van der Waals surface area (Å²) < 4.78 is 5.34. The maximum absolute atomic E-state index is 11.9. The van der Waals surface area contributed by atoms with Gasteiger partial charge in [-0.05, 0) is 45.4 Å². The highest BCUT2D eigenvalue weighted by molar-refractivity contribution is 5.80. The summed E-state index contributed by atoms with van der Waals surface area (Å²) in [4.78, 5) is 14.6. The van der Waals surface area contributed by atoms with Gasteiger partial charge in [0.2, 0.25) is 5.91 Å². The highest BCUT2D eigenvalue weighted by Crippen LogP contribution is 2.25. The van der Waals surface area contributed by atoms with Crippen molar-refractivity contribution in [3.63, 3.8) is 0 Å². The number of ether oxygens (including phenoxy) is 1. The molecule has 1 aliphatic carbocycles. The molecule has 1 saturated heterocycles. The molecule has 21 heavy (non-hydrogen) atoms. The van der Waals surface area contributed by atoms with E-state index in [0.29, 0.717) is 12.6 Å². The minimum Gasteiger partial charge on any atom is -0.369 e. The largest absolute Gasteiger partial charge is 0.369 e. The van der Waals surface area contributed by atoms with Crippen molar-refractivity contribution in [3.05, 3.63) is 0 Å². The Bertz CT molecular complexity index is 308. The molecule has 0 aromatic heterocycles. The van der Waals surface area contributed by atoms with Crippen LogP contribution in [0.5, 0.6) is 0 Å². The average molecular weight is 296 g/mol. The second kappa shape index (κ2) is 8.74. The number of rotatable bonds is 6. The number of nitrogens with one attached hydrogen (secondary N) is 1. The Balaban J connectivity index is 1.64. The lowest BCUT2D eigenvalue weighted by atomic mass is 9.88. The Morgan fingerprint density at radius 3 is 2.48 bits per heavy atom. The van der Waals surface area contributed by atoms with Crippen molar-refractivity contribution in [3.8, 4) is 0 Å². The van der Waals surface area contributed by atoms with Crippen LogP contribution in [-0.2, 0) is 9.53 Å². The smallest absolute Gasteiger partial charge is 0.249 e. The molecule has 1 N–H and O–H groups in total. The maximum Gasteiger partial charge on any atom is 0.249 e. The van der Waals surface area contributed by atoms with E-state index >= 15 is 0 Å². The van der Waals surface area contributed by atoms with Crippen LogP contribution in [0.1, 0.15) is 58.8 Å². The van der Waals surface area contributed by atoms with Gasteiger partial charge in [0.1, 0.15) is 6.10 Å². The molecular formula is C17H32N2O2. The molecule has 0 spiro atoms. The fourth-order valence-electron chi connectivity index (χ4n) is 3.64. The quantitative estimate of drug-likeness (QED) is 0.819. The standard InChI is InChI=1S/C17H32N2O2/c1-3-21-14(2)17(20)18-16-9-11-19(12-10-16)13-15-7-5-4-6-8-15/h14-16H,3-13H2,1-2H3,(H,18,20)/t14-/m1/s1. The minimum atomic E-state index is -0.324. The molecule has 0 unspecified atom stereocenters. The normalized spacial score (nSPS) is 23.9. The van der Waals surface area contributed by atoms with Crippen molar-refractivity contribution in [2.45, 2.75) is 70.9 Å². The summed E-state index contributed by atoms with van der Waals surface area (Å²) in [6.07, 6.45) is 8.96. The van der Waals surface area contributed by atoms with Crippen LogP contribution in [0.15, 0.2) is 0 Å². The molecule has 4 nitrogen and oxygen atoms in total. The Hall–Kier alpha value is -0.610. The number of hydrogen-bond acceptors (Lipinski definition) is 3. The van der Waals surface area contributed by atoms with Crippen molar-refractivity contribution < 1.29 is 9.53 Å². The van der Waals surface area contributed by atoms with Gasteiger partial charge in [-0.25, -0.2) is 0 Å². The third-order valence-corrected chi connectivity index (χ3v) is 4.96. The van der Waals surface area contributed by atoms with Crippen molar-refractivity contribution in [2.75, 3.05) is 26.2 Å². The van der Waals surface area contributed by atoms with Gasteiger partial charge in [-0.1, -0.05) is 19.3 Å². The maximum atomic E-state index is 11.9. The summed E-state index contributed by atoms with van der Waals surface area (Å²) in [6, 6.07) is 0.336. The molecule has 2 fully saturated rings. The first-order valence-corrected chi connectivity index (χ1v) is 8.83. The zero-order valence-corrected chi connectivity index (χ0v) is 13.8. The van der Waals surface area contributed by atoms with E-state index in [4.69, 9.17) is 4.74 Å². The lowest BCUT2D eigenvalue weighted by molar-refractivity contribution is -0.132. The van der Waals surface area contributed by atoms with Gasteiger partial charge >= 0.3 is 0 Å². The summed E-state index contributed by atoms with van der Waals surface area (Å²) in [5.41, 5.74) is 0. The van der Waals surface area contributed by atoms with Gasteiger partial charge in [-0.15, -0.1) is 0 Å². The molecule has 122 valence electrons. The summed E-state index contributed by atoms with van der Waals surface area (Å²) in [6.45, 7) is 7.88. The Labute approximate surface area is 129 Å². The first kappa shape index (κ1) is 16.8. The van der Waals surface area contributed by atoms with Crippen LogP contribution in [0.3, 0.4) is 0 Å². The predicted molar refractivity (Wildman–Crippen MR) is 85.3 cm³/mol. The minimum absolute atomic E-state index is 0.0441. The summed E-state index contributed by atoms with van der Waals surface area (Å²) in [7, 11) is 0. The predicted octanol–water partition coefficient (Wildman–Crippen LogP) is 2.57. The second-order valence-corrected chi connectivity index (χ2v) is 6.69. The number of likely N-dealkylation sites (tertiary alicyclic amines) is 1. The van der Waals surface area contributed by atoms with E-state index in [2.05, 4.69) is 10.2 Å². The average Bonchev–Trinajstić information content (AvgIpc) is 2.50. The topological polar surface area (TPSA) is 41.6 Å². The molecule has 0 aromatic carbocycles. The first-order valence-electron chi connectivity index (χ1n) is 8.83. The fourth-order valence-corrected chi connectivity index (χ4v) is 3.64. The Kier molecular flexibility index (Phi) is 6.97. The monoisotopic (exact) mass is 296 g/mol. The van der Waals surface area contributed by atoms with Crippen LogP contribution in [-0.4, -0.2) is 49.2 Å². The van der Waals surface area contributed by atoms with E-state index in [1.165, 1.54) is 38.6 Å². The van der Waals surface area contributed by atoms with Gasteiger partial charge in [-0.2, -0.15) is 0 Å². The highest BCUT2D eigenvalue weighted by Gasteiger charge is 2.24. The van der Waals surface area contributed by atoms with Crippen LogP contribution in [0.2, 0.25) is 0 Å². The Morgan fingerprint density at radius 2 is 1.86 bits per heavy atom. The van der Waals surface area contributed by atoms with Crippen molar-refractivity contribution in [1.82, 2.24) is 10.2 Å². The van der Waals surface area contributed by atoms with Crippen LogP contribution < -0.4 is 5.32 Å². The van der Waals surface area contributed by atoms with E-state index in [1.54, 1.807) is 0 Å². The SMILES string of the molecule is CCO[C@H](C)C(=O)NC1CCN(CC2CCCCC2)CC1. The number of hydrogen-bond donors (Lipinski definition) is 1. The van der Waals surface area contributed by atoms with Crippen molar-refractivity contribution in [2.24, 2.45) is 5.92 Å². The first-order chi connectivity index (χ1) is 10.2. The van der Waals surface area contributed by atoms with E-state index in [9.17, 15) is 4.79 Å². The van der Waals surface area contributed by atoms with Gasteiger partial charge in [-0.3, -0.25) is 4.79 Å². The van der Waals surface area contributed by atoms with E-state index in [-0.39, 0.29) is 12.0 Å². The zero-order valence-electron chi connectivity index (χ0n) is 13.8. The molecular weight excluding hydrogens is 264 g/mol. The van der Waals surface area contributed by atoms with Gasteiger partial charge in [0.05, 0.1) is 0 Å². The summed E-state index contributed by atoms with van der Waals surface area (Å²) in [5.74, 6) is 0.963. The second-order valence-electron chi connectivity index (χ2n) is 6.69. The van der Waals surface area contributed by atoms with Crippen molar-refractivity contribution in [1.29, 1.82) is 0 Å². The van der Waals surface area contributed by atoms with Gasteiger partial charge in [0.25, 0.3) is 0 Å². The van der Waals surface area contributed by atoms with Crippen molar-refractivity contribution >= 4 is 5.91 Å². The fraction of sp³-hybridized carbons (Fsp3) is 0.941. The number of piperidine rings is 1. The lowest BCUT2D eigenvalue weighted by Crippen LogP contribution is -2.48. The number of nitrogens with zero attached hydrogens (tertiary/aromatic N) is 1. The third-order valence-electron chi connectivity index (χ3n) is 4.96. The molecule has 1 atom stereocenters. The molecule has 0 aromatic rings. The zero-order chi connectivity index (χ0) is 15.1. The molecule has 1 saturated carbocycles. The molecule has 2 rings (SSSR count). The van der Waals surface area contributed by atoms with E-state index in [1.807, 2.05) is 13.8 Å². The lowest BCUT2D eigenvalue weighted by Gasteiger charge is -2.35. The molecule has 2 aliphatic rings. The molecule has 0 bridgehead atoms. The van der Waals surface area contributed by atoms with E-state index < -0.39 is 0 Å². The van der Waals surface area contributed by atoms with Crippen LogP contribution >= 0.6 is 0 Å².